The van der Waals surface area contributed by atoms with Crippen LogP contribution in [-0.4, -0.2) is 68.2 Å². The first-order valence-electron chi connectivity index (χ1n) is 12.4. The fraction of sp³-hybridized carbons (Fsp3) is 0.385. The highest BCUT2D eigenvalue weighted by atomic mass is 32.2. The third-order valence-corrected chi connectivity index (χ3v) is 9.01. The maximum Gasteiger partial charge on any atom is 0.253 e. The fourth-order valence-electron chi connectivity index (χ4n) is 4.97. The smallest absolute Gasteiger partial charge is 0.253 e. The fourth-order valence-corrected chi connectivity index (χ4v) is 6.54. The summed E-state index contributed by atoms with van der Waals surface area (Å²) in [7, 11) is -4.01. The summed E-state index contributed by atoms with van der Waals surface area (Å²) in [5.41, 5.74) is -0.287. The van der Waals surface area contributed by atoms with E-state index in [4.69, 9.17) is 4.74 Å². The quantitative estimate of drug-likeness (QED) is 0.298. The Morgan fingerprint density at radius 1 is 1.03 bits per heavy atom. The second-order valence-corrected chi connectivity index (χ2v) is 11.2. The van der Waals surface area contributed by atoms with Gasteiger partial charge in [-0.1, -0.05) is 43.3 Å². The van der Waals surface area contributed by atoms with E-state index < -0.39 is 26.6 Å². The van der Waals surface area contributed by atoms with Crippen molar-refractivity contribution in [2.24, 2.45) is 0 Å². The number of morpholine rings is 1. The van der Waals surface area contributed by atoms with Crippen molar-refractivity contribution in [2.45, 2.75) is 30.3 Å². The van der Waals surface area contributed by atoms with E-state index in [-0.39, 0.29) is 40.6 Å². The van der Waals surface area contributed by atoms with Crippen LogP contribution in [0.15, 0.2) is 63.0 Å². The van der Waals surface area contributed by atoms with Gasteiger partial charge in [-0.3, -0.25) is 14.5 Å². The lowest BCUT2D eigenvalue weighted by Gasteiger charge is -2.43. The molecule has 3 N–H and O–H groups in total. The molecule has 10 nitrogen and oxygen atoms in total. The number of aromatic hydroxyl groups is 1. The first-order valence-corrected chi connectivity index (χ1v) is 13.8. The summed E-state index contributed by atoms with van der Waals surface area (Å²) in [4.78, 5) is 26.8. The number of ether oxygens (including phenoxy) is 1. The van der Waals surface area contributed by atoms with E-state index in [0.717, 1.165) is 12.1 Å². The molecule has 2 unspecified atom stereocenters. The van der Waals surface area contributed by atoms with Gasteiger partial charge in [-0.05, 0) is 24.1 Å². The first-order chi connectivity index (χ1) is 17.8. The van der Waals surface area contributed by atoms with Crippen LogP contribution in [0.2, 0.25) is 0 Å². The van der Waals surface area contributed by atoms with E-state index in [1.807, 2.05) is 37.3 Å². The van der Waals surface area contributed by atoms with Gasteiger partial charge in [-0.25, -0.2) is 8.42 Å². The average Bonchev–Trinajstić information content (AvgIpc) is 2.93. The molecule has 2 heterocycles. The highest BCUT2D eigenvalue weighted by Crippen LogP contribution is 2.36. The normalized spacial score (nSPS) is 19.9. The van der Waals surface area contributed by atoms with E-state index >= 15 is 0 Å². The van der Waals surface area contributed by atoms with E-state index in [2.05, 4.69) is 15.5 Å². The van der Waals surface area contributed by atoms with Gasteiger partial charge in [0.15, 0.2) is 5.75 Å². The number of rotatable bonds is 8. The molecule has 2 atom stereocenters. The van der Waals surface area contributed by atoms with E-state index in [1.54, 1.807) is 0 Å². The zero-order chi connectivity index (χ0) is 26.2. The number of para-hydroxylation sites is 1. The van der Waals surface area contributed by atoms with Crippen LogP contribution >= 0.6 is 0 Å². The Morgan fingerprint density at radius 2 is 1.78 bits per heavy atom. The molecule has 37 heavy (non-hydrogen) atoms. The lowest BCUT2D eigenvalue weighted by atomic mass is 10.0. The number of fused-ring (bicyclic) bond motifs is 1. The van der Waals surface area contributed by atoms with Gasteiger partial charge in [0.1, 0.15) is 16.3 Å². The van der Waals surface area contributed by atoms with Crippen LogP contribution in [0, 0.1) is 0 Å². The van der Waals surface area contributed by atoms with Gasteiger partial charge in [0, 0.05) is 32.2 Å². The van der Waals surface area contributed by atoms with Gasteiger partial charge in [0.25, 0.3) is 10.9 Å². The lowest BCUT2D eigenvalue weighted by molar-refractivity contribution is -0.0304. The van der Waals surface area contributed by atoms with Crippen LogP contribution in [0.25, 0.3) is 0 Å². The predicted molar refractivity (Wildman–Crippen MR) is 141 cm³/mol. The van der Waals surface area contributed by atoms with E-state index in [0.29, 0.717) is 32.7 Å². The summed E-state index contributed by atoms with van der Waals surface area (Å²) in [5, 5.41) is 16.9. The van der Waals surface area contributed by atoms with Crippen molar-refractivity contribution < 1.29 is 18.3 Å². The van der Waals surface area contributed by atoms with Crippen molar-refractivity contribution in [3.05, 3.63) is 74.5 Å². The Hall–Kier alpha value is -3.25. The van der Waals surface area contributed by atoms with Gasteiger partial charge < -0.3 is 20.5 Å². The Morgan fingerprint density at radius 3 is 2.54 bits per heavy atom. The Kier molecular flexibility index (Phi) is 7.04. The molecule has 0 spiro atoms. The van der Waals surface area contributed by atoms with Crippen LogP contribution in [-0.2, 0) is 14.8 Å². The van der Waals surface area contributed by atoms with Crippen molar-refractivity contribution in [1.29, 1.82) is 0 Å². The summed E-state index contributed by atoms with van der Waals surface area (Å²) < 4.78 is 33.8. The maximum atomic E-state index is 13.5. The molecule has 0 amide bonds. The highest BCUT2D eigenvalue weighted by Gasteiger charge is 2.37. The zero-order valence-electron chi connectivity index (χ0n) is 20.5. The van der Waals surface area contributed by atoms with Crippen molar-refractivity contribution in [1.82, 2.24) is 9.21 Å². The lowest BCUT2D eigenvalue weighted by Crippen LogP contribution is -2.58. The Bertz CT molecular complexity index is 1450. The summed E-state index contributed by atoms with van der Waals surface area (Å²) >= 11 is 0. The number of phenolic OH excluding ortho intramolecular Hbond substituents is 1. The number of nitrogens with one attached hydrogen (secondary N) is 2. The number of benzene rings is 2. The van der Waals surface area contributed by atoms with E-state index in [1.165, 1.54) is 22.5 Å². The van der Waals surface area contributed by atoms with Gasteiger partial charge in [0.05, 0.1) is 24.9 Å². The van der Waals surface area contributed by atoms with Crippen LogP contribution in [0.4, 0.5) is 17.1 Å². The standard InChI is InChI=1S/C26H30N4O6S/c1-2-19(17-7-4-3-5-8-17)27-22-23(26(33)25(22)32)28-20-9-6-10-21(24(20)31)37(34,35)30-12-11-29-13-14-36-16-18(29)15-30/h3-10,18-19,27-28,31H,2,11-16H2,1H3. The summed E-state index contributed by atoms with van der Waals surface area (Å²) in [6.07, 6.45) is 0.667. The highest BCUT2D eigenvalue weighted by molar-refractivity contribution is 7.89. The van der Waals surface area contributed by atoms with E-state index in [9.17, 15) is 23.1 Å². The monoisotopic (exact) mass is 526 g/mol. The molecule has 2 fully saturated rings. The molecular weight excluding hydrogens is 496 g/mol. The number of hydrogen-bond acceptors (Lipinski definition) is 9. The zero-order valence-corrected chi connectivity index (χ0v) is 21.3. The molecule has 2 aliphatic rings. The second-order valence-electron chi connectivity index (χ2n) is 9.33. The summed E-state index contributed by atoms with van der Waals surface area (Å²) in [6.45, 7) is 4.98. The largest absolute Gasteiger partial charge is 0.504 e. The minimum absolute atomic E-state index is 0.00259. The molecule has 0 aliphatic carbocycles. The third-order valence-electron chi connectivity index (χ3n) is 7.12. The van der Waals surface area contributed by atoms with Crippen LogP contribution < -0.4 is 21.5 Å². The van der Waals surface area contributed by atoms with Gasteiger partial charge in [0.2, 0.25) is 10.0 Å². The molecule has 0 saturated carbocycles. The molecule has 2 aliphatic heterocycles. The predicted octanol–water partition coefficient (Wildman–Crippen LogP) is 2.00. The number of phenols is 1. The van der Waals surface area contributed by atoms with Crippen LogP contribution in [0.3, 0.4) is 0 Å². The van der Waals surface area contributed by atoms with Crippen LogP contribution in [0.1, 0.15) is 24.9 Å². The molecule has 2 saturated heterocycles. The maximum absolute atomic E-state index is 13.5. The van der Waals surface area contributed by atoms with Gasteiger partial charge in [-0.2, -0.15) is 4.31 Å². The number of anilines is 3. The molecule has 3 aromatic carbocycles. The summed E-state index contributed by atoms with van der Waals surface area (Å²) in [5.74, 6) is -0.501. The Labute approximate surface area is 215 Å². The minimum Gasteiger partial charge on any atom is -0.504 e. The number of piperazine rings is 1. The average molecular weight is 527 g/mol. The SMILES string of the molecule is CCC(Nc1c(Nc2cccc(S(=O)(=O)N3CCN4CCOCC4C3)c2O)c(=O)c1=O)c1ccccc1. The number of nitrogens with zero attached hydrogens (tertiary/aromatic N) is 2. The summed E-state index contributed by atoms with van der Waals surface area (Å²) in [6, 6.07) is 13.6. The third kappa shape index (κ3) is 4.75. The second kappa shape index (κ2) is 10.3. The minimum atomic E-state index is -4.01. The molecular formula is C26H30N4O6S. The van der Waals surface area contributed by atoms with Crippen molar-refractivity contribution in [2.75, 3.05) is 50.0 Å². The number of sulfonamides is 1. The number of hydrogen-bond donors (Lipinski definition) is 3. The van der Waals surface area contributed by atoms with Gasteiger partial charge in [-0.15, -0.1) is 0 Å². The van der Waals surface area contributed by atoms with Crippen molar-refractivity contribution in [3.8, 4) is 5.75 Å². The van der Waals surface area contributed by atoms with Crippen molar-refractivity contribution >= 4 is 27.1 Å². The van der Waals surface area contributed by atoms with Gasteiger partial charge >= 0.3 is 0 Å². The molecule has 0 aromatic heterocycles. The molecule has 0 bridgehead atoms. The van der Waals surface area contributed by atoms with Crippen molar-refractivity contribution in [3.63, 3.8) is 0 Å². The topological polar surface area (TPSA) is 128 Å². The molecule has 11 heteroatoms. The molecule has 0 radical (unpaired) electrons. The molecule has 3 aromatic rings. The first kappa shape index (κ1) is 25.4. The molecule has 196 valence electrons. The molecule has 5 rings (SSSR count). The Balaban J connectivity index is 1.39. The van der Waals surface area contributed by atoms with Crippen LogP contribution in [0.5, 0.6) is 5.75 Å².